The molecule has 0 rings (SSSR count). The summed E-state index contributed by atoms with van der Waals surface area (Å²) in [5.41, 5.74) is -0.361. The van der Waals surface area contributed by atoms with E-state index in [-0.39, 0.29) is 17.2 Å². The molecule has 0 aliphatic carbocycles. The molecular weight excluding hydrogens is 216 g/mol. The van der Waals surface area contributed by atoms with Crippen LogP contribution in [0.15, 0.2) is 0 Å². The molecule has 0 saturated heterocycles. The van der Waals surface area contributed by atoms with E-state index in [1.165, 1.54) is 0 Å². The van der Waals surface area contributed by atoms with E-state index in [2.05, 4.69) is 24.5 Å². The summed E-state index contributed by atoms with van der Waals surface area (Å²) in [6, 6.07) is 0. The predicted octanol–water partition coefficient (Wildman–Crippen LogP) is 1.70. The molecular formula is C13H26N2O2. The van der Waals surface area contributed by atoms with Crippen LogP contribution in [0.1, 0.15) is 47.5 Å². The van der Waals surface area contributed by atoms with Crippen molar-refractivity contribution in [3.05, 3.63) is 0 Å². The van der Waals surface area contributed by atoms with Crippen molar-refractivity contribution in [2.24, 2.45) is 11.3 Å². The molecule has 0 aromatic carbocycles. The van der Waals surface area contributed by atoms with E-state index >= 15 is 0 Å². The molecule has 0 unspecified atom stereocenters. The first kappa shape index (κ1) is 15.9. The maximum atomic E-state index is 11.5. The zero-order valence-electron chi connectivity index (χ0n) is 11.7. The third-order valence-electron chi connectivity index (χ3n) is 2.25. The van der Waals surface area contributed by atoms with E-state index in [1.54, 1.807) is 0 Å². The monoisotopic (exact) mass is 242 g/mol. The van der Waals surface area contributed by atoms with Crippen molar-refractivity contribution < 1.29 is 9.59 Å². The smallest absolute Gasteiger partial charge is 0.225 e. The fourth-order valence-electron chi connectivity index (χ4n) is 1.12. The molecule has 4 heteroatoms. The van der Waals surface area contributed by atoms with Gasteiger partial charge in [0, 0.05) is 24.9 Å². The van der Waals surface area contributed by atoms with Gasteiger partial charge in [0.2, 0.25) is 11.8 Å². The first-order chi connectivity index (χ1) is 7.73. The average molecular weight is 242 g/mol. The Morgan fingerprint density at radius 2 is 1.71 bits per heavy atom. The Morgan fingerprint density at radius 1 is 1.12 bits per heavy atom. The second-order valence-electron chi connectivity index (χ2n) is 5.81. The standard InChI is InChI=1S/C13H26N2O2/c1-10(2)9-15-11(16)7-6-8-14-12(17)13(3,4)5/h10H,6-9H2,1-5H3,(H,14,17)(H,15,16). The van der Waals surface area contributed by atoms with Crippen molar-refractivity contribution in [1.29, 1.82) is 0 Å². The lowest BCUT2D eigenvalue weighted by Crippen LogP contribution is -2.36. The van der Waals surface area contributed by atoms with Gasteiger partial charge in [0.15, 0.2) is 0 Å². The van der Waals surface area contributed by atoms with E-state index in [9.17, 15) is 9.59 Å². The molecule has 0 aromatic heterocycles. The Kier molecular flexibility index (Phi) is 6.85. The Balaban J connectivity index is 3.58. The summed E-state index contributed by atoms with van der Waals surface area (Å²) in [7, 11) is 0. The molecule has 0 heterocycles. The minimum Gasteiger partial charge on any atom is -0.356 e. The largest absolute Gasteiger partial charge is 0.356 e. The van der Waals surface area contributed by atoms with Crippen molar-refractivity contribution in [1.82, 2.24) is 10.6 Å². The lowest BCUT2D eigenvalue weighted by Gasteiger charge is -2.17. The number of carbonyl (C=O) groups is 2. The van der Waals surface area contributed by atoms with Crippen LogP contribution in [-0.4, -0.2) is 24.9 Å². The molecule has 2 N–H and O–H groups in total. The quantitative estimate of drug-likeness (QED) is 0.697. The zero-order chi connectivity index (χ0) is 13.5. The summed E-state index contributed by atoms with van der Waals surface area (Å²) in [6.45, 7) is 11.0. The summed E-state index contributed by atoms with van der Waals surface area (Å²) < 4.78 is 0. The molecule has 4 nitrogen and oxygen atoms in total. The van der Waals surface area contributed by atoms with Crippen molar-refractivity contribution in [2.45, 2.75) is 47.5 Å². The summed E-state index contributed by atoms with van der Waals surface area (Å²) in [5.74, 6) is 0.559. The van der Waals surface area contributed by atoms with Gasteiger partial charge in [-0.15, -0.1) is 0 Å². The molecule has 0 radical (unpaired) electrons. The minimum absolute atomic E-state index is 0.0279. The Labute approximate surface area is 105 Å². The molecule has 17 heavy (non-hydrogen) atoms. The van der Waals surface area contributed by atoms with E-state index < -0.39 is 0 Å². The number of nitrogens with one attached hydrogen (secondary N) is 2. The van der Waals surface area contributed by atoms with E-state index in [0.29, 0.717) is 31.8 Å². The maximum Gasteiger partial charge on any atom is 0.225 e. The van der Waals surface area contributed by atoms with Gasteiger partial charge >= 0.3 is 0 Å². The van der Waals surface area contributed by atoms with Crippen LogP contribution < -0.4 is 10.6 Å². The van der Waals surface area contributed by atoms with Crippen LogP contribution in [-0.2, 0) is 9.59 Å². The second-order valence-corrected chi connectivity index (χ2v) is 5.81. The van der Waals surface area contributed by atoms with Crippen molar-refractivity contribution >= 4 is 11.8 Å². The summed E-state index contributed by atoms with van der Waals surface area (Å²) in [5, 5.41) is 5.67. The van der Waals surface area contributed by atoms with Crippen LogP contribution in [0.25, 0.3) is 0 Å². The van der Waals surface area contributed by atoms with Gasteiger partial charge in [0.05, 0.1) is 0 Å². The summed E-state index contributed by atoms with van der Waals surface area (Å²) >= 11 is 0. The van der Waals surface area contributed by atoms with Crippen LogP contribution in [0.4, 0.5) is 0 Å². The van der Waals surface area contributed by atoms with Crippen molar-refractivity contribution in [3.8, 4) is 0 Å². The Hall–Kier alpha value is -1.06. The lowest BCUT2D eigenvalue weighted by atomic mass is 9.96. The van der Waals surface area contributed by atoms with Crippen LogP contribution in [0, 0.1) is 11.3 Å². The molecule has 0 aliphatic heterocycles. The van der Waals surface area contributed by atoms with Gasteiger partial charge in [0.1, 0.15) is 0 Å². The summed E-state index contributed by atoms with van der Waals surface area (Å²) in [4.78, 5) is 22.9. The van der Waals surface area contributed by atoms with Gasteiger partial charge < -0.3 is 10.6 Å². The van der Waals surface area contributed by atoms with Crippen LogP contribution in [0.2, 0.25) is 0 Å². The van der Waals surface area contributed by atoms with E-state index in [0.717, 1.165) is 0 Å². The molecule has 0 bridgehead atoms. The molecule has 2 amide bonds. The van der Waals surface area contributed by atoms with E-state index in [4.69, 9.17) is 0 Å². The van der Waals surface area contributed by atoms with Gasteiger partial charge in [-0.25, -0.2) is 0 Å². The highest BCUT2D eigenvalue weighted by molar-refractivity contribution is 5.81. The molecule has 0 atom stereocenters. The molecule has 0 aromatic rings. The average Bonchev–Trinajstić information content (AvgIpc) is 2.19. The topological polar surface area (TPSA) is 58.2 Å². The Morgan fingerprint density at radius 3 is 2.18 bits per heavy atom. The SMILES string of the molecule is CC(C)CNC(=O)CCCNC(=O)C(C)(C)C. The van der Waals surface area contributed by atoms with Crippen molar-refractivity contribution in [3.63, 3.8) is 0 Å². The number of carbonyl (C=O) groups excluding carboxylic acids is 2. The number of amides is 2. The highest BCUT2D eigenvalue weighted by Gasteiger charge is 2.20. The second kappa shape index (κ2) is 7.30. The van der Waals surface area contributed by atoms with Gasteiger partial charge in [-0.05, 0) is 12.3 Å². The molecule has 0 fully saturated rings. The van der Waals surface area contributed by atoms with Gasteiger partial charge in [0.25, 0.3) is 0 Å². The Bertz CT molecular complexity index is 255. The number of hydrogen-bond donors (Lipinski definition) is 2. The number of rotatable bonds is 6. The lowest BCUT2D eigenvalue weighted by molar-refractivity contribution is -0.128. The predicted molar refractivity (Wildman–Crippen MR) is 69.5 cm³/mol. The van der Waals surface area contributed by atoms with Gasteiger partial charge in [-0.3, -0.25) is 9.59 Å². The van der Waals surface area contributed by atoms with Crippen molar-refractivity contribution in [2.75, 3.05) is 13.1 Å². The highest BCUT2D eigenvalue weighted by atomic mass is 16.2. The van der Waals surface area contributed by atoms with Crippen LogP contribution in [0.5, 0.6) is 0 Å². The molecule has 0 aliphatic rings. The minimum atomic E-state index is -0.361. The van der Waals surface area contributed by atoms with Crippen LogP contribution in [0.3, 0.4) is 0 Å². The van der Waals surface area contributed by atoms with E-state index in [1.807, 2.05) is 20.8 Å². The summed E-state index contributed by atoms with van der Waals surface area (Å²) in [6.07, 6.45) is 1.16. The molecule has 100 valence electrons. The number of hydrogen-bond acceptors (Lipinski definition) is 2. The maximum absolute atomic E-state index is 11.5. The zero-order valence-corrected chi connectivity index (χ0v) is 11.7. The van der Waals surface area contributed by atoms with Gasteiger partial charge in [-0.1, -0.05) is 34.6 Å². The first-order valence-electron chi connectivity index (χ1n) is 6.28. The van der Waals surface area contributed by atoms with Crippen LogP contribution >= 0.6 is 0 Å². The fourth-order valence-corrected chi connectivity index (χ4v) is 1.12. The highest BCUT2D eigenvalue weighted by Crippen LogP contribution is 2.12. The third-order valence-corrected chi connectivity index (χ3v) is 2.25. The van der Waals surface area contributed by atoms with Gasteiger partial charge in [-0.2, -0.15) is 0 Å². The first-order valence-corrected chi connectivity index (χ1v) is 6.28. The molecule has 0 saturated carbocycles. The third kappa shape index (κ3) is 8.72. The molecule has 0 spiro atoms. The fraction of sp³-hybridized carbons (Fsp3) is 0.846. The normalized spacial score (nSPS) is 11.4.